The van der Waals surface area contributed by atoms with E-state index in [2.05, 4.69) is 5.32 Å². The van der Waals surface area contributed by atoms with Gasteiger partial charge in [-0.05, 0) is 26.8 Å². The molecule has 110 valence electrons. The molecule has 2 atom stereocenters. The van der Waals surface area contributed by atoms with E-state index in [9.17, 15) is 17.6 Å². The van der Waals surface area contributed by atoms with E-state index in [1.165, 1.54) is 12.1 Å². The first-order valence-corrected chi connectivity index (χ1v) is 6.56. The molecular weight excluding hydrogens is 290 g/mol. The summed E-state index contributed by atoms with van der Waals surface area (Å²) < 4.78 is 56.8. The fraction of sp³-hybridized carbons (Fsp3) is 0.500. The highest BCUT2D eigenvalue weighted by Crippen LogP contribution is 2.48. The van der Waals surface area contributed by atoms with Gasteiger partial charge in [0.1, 0.15) is 16.3 Å². The third-order valence-electron chi connectivity index (χ3n) is 3.78. The third kappa shape index (κ3) is 2.20. The van der Waals surface area contributed by atoms with Gasteiger partial charge >= 0.3 is 0 Å². The lowest BCUT2D eigenvalue weighted by Gasteiger charge is -2.47. The van der Waals surface area contributed by atoms with Crippen LogP contribution in [0.3, 0.4) is 0 Å². The molecule has 0 aliphatic carbocycles. The molecule has 1 fully saturated rings. The van der Waals surface area contributed by atoms with Crippen molar-refractivity contribution < 1.29 is 17.6 Å². The molecule has 1 aromatic carbocycles. The molecule has 0 radical (unpaired) electrons. The first-order chi connectivity index (χ1) is 8.99. The van der Waals surface area contributed by atoms with Crippen LogP contribution in [0.2, 0.25) is 0 Å². The quantitative estimate of drug-likeness (QED) is 0.621. The summed E-state index contributed by atoms with van der Waals surface area (Å²) in [7, 11) is 0. The van der Waals surface area contributed by atoms with Crippen molar-refractivity contribution in [1.82, 2.24) is 5.32 Å². The zero-order chi connectivity index (χ0) is 15.3. The number of alkyl halides is 3. The third-order valence-corrected chi connectivity index (χ3v) is 4.31. The van der Waals surface area contributed by atoms with Gasteiger partial charge in [-0.1, -0.05) is 29.9 Å². The summed E-state index contributed by atoms with van der Waals surface area (Å²) in [4.78, 5) is -0.327. The molecule has 0 spiro atoms. The second-order valence-electron chi connectivity index (χ2n) is 5.64. The van der Waals surface area contributed by atoms with Crippen LogP contribution in [-0.2, 0) is 5.54 Å². The van der Waals surface area contributed by atoms with Crippen molar-refractivity contribution in [2.24, 2.45) is 0 Å². The summed E-state index contributed by atoms with van der Waals surface area (Å²) in [6.45, 7) is 3.82. The predicted octanol–water partition coefficient (Wildman–Crippen LogP) is 4.03. The van der Waals surface area contributed by atoms with Gasteiger partial charge in [-0.15, -0.1) is 0 Å². The normalized spacial score (nSPS) is 32.9. The molecule has 1 aliphatic rings. The molecule has 0 amide bonds. The molecule has 1 aromatic rings. The van der Waals surface area contributed by atoms with Crippen LogP contribution in [0.15, 0.2) is 18.2 Å². The molecule has 1 nitrogen and oxygen atoms in total. The van der Waals surface area contributed by atoms with Crippen molar-refractivity contribution in [3.8, 4) is 0 Å². The molecule has 0 aromatic heterocycles. The average molecular weight is 305 g/mol. The number of aryl methyl sites for hydroxylation is 1. The van der Waals surface area contributed by atoms with E-state index < -0.39 is 29.4 Å². The zero-order valence-electron chi connectivity index (χ0n) is 11.4. The summed E-state index contributed by atoms with van der Waals surface area (Å²) in [5, 5.41) is 2.32. The fourth-order valence-corrected chi connectivity index (χ4v) is 2.69. The molecule has 0 bridgehead atoms. The van der Waals surface area contributed by atoms with Crippen LogP contribution in [0.4, 0.5) is 17.6 Å². The monoisotopic (exact) mass is 305 g/mol. The number of hydrogen-bond donors (Lipinski definition) is 1. The summed E-state index contributed by atoms with van der Waals surface area (Å²) in [5.74, 6) is -4.25. The summed E-state index contributed by atoms with van der Waals surface area (Å²) >= 11 is 4.83. The Bertz CT molecular complexity index is 570. The Hall–Kier alpha value is -1.17. The Morgan fingerprint density at radius 1 is 1.20 bits per heavy atom. The highest BCUT2D eigenvalue weighted by Gasteiger charge is 2.61. The first-order valence-electron chi connectivity index (χ1n) is 6.16. The number of thiocarbonyl (C=S) groups is 1. The number of benzene rings is 1. The predicted molar refractivity (Wildman–Crippen MR) is 73.3 cm³/mol. The van der Waals surface area contributed by atoms with Gasteiger partial charge in [-0.2, -0.15) is 0 Å². The van der Waals surface area contributed by atoms with Gasteiger partial charge in [0.25, 0.3) is 5.92 Å². The molecule has 0 saturated carbocycles. The van der Waals surface area contributed by atoms with Gasteiger partial charge in [0.2, 0.25) is 0 Å². The van der Waals surface area contributed by atoms with E-state index in [1.54, 1.807) is 6.92 Å². The van der Waals surface area contributed by atoms with Crippen LogP contribution in [0.1, 0.15) is 31.4 Å². The number of nitrogens with one attached hydrogen (secondary N) is 1. The van der Waals surface area contributed by atoms with Gasteiger partial charge in [0.05, 0.1) is 6.42 Å². The summed E-state index contributed by atoms with van der Waals surface area (Å²) in [6, 6.07) is 3.94. The maximum absolute atomic E-state index is 14.4. The maximum atomic E-state index is 14.4. The molecule has 1 heterocycles. The van der Waals surface area contributed by atoms with E-state index in [1.807, 2.05) is 0 Å². The second-order valence-corrected chi connectivity index (χ2v) is 6.05. The van der Waals surface area contributed by atoms with Crippen molar-refractivity contribution in [3.05, 3.63) is 35.1 Å². The first kappa shape index (κ1) is 15.2. The molecule has 0 unspecified atom stereocenters. The van der Waals surface area contributed by atoms with Crippen LogP contribution >= 0.6 is 12.2 Å². The molecule has 1 saturated heterocycles. The Balaban J connectivity index is 2.58. The minimum absolute atomic E-state index is 0.208. The van der Waals surface area contributed by atoms with Crippen LogP contribution in [0, 0.1) is 12.7 Å². The largest absolute Gasteiger partial charge is 0.362 e. The van der Waals surface area contributed by atoms with Gasteiger partial charge in [-0.3, -0.25) is 0 Å². The van der Waals surface area contributed by atoms with Crippen LogP contribution in [0.5, 0.6) is 0 Å². The topological polar surface area (TPSA) is 12.0 Å². The number of piperidine rings is 1. The number of hydrogen-bond acceptors (Lipinski definition) is 1. The summed E-state index contributed by atoms with van der Waals surface area (Å²) in [5.41, 5.74) is -3.94. The van der Waals surface area contributed by atoms with Gasteiger partial charge < -0.3 is 5.32 Å². The van der Waals surface area contributed by atoms with Crippen molar-refractivity contribution in [1.29, 1.82) is 0 Å². The Labute approximate surface area is 120 Å². The van der Waals surface area contributed by atoms with Crippen molar-refractivity contribution in [3.63, 3.8) is 0 Å². The molecular formula is C14H15F4NS. The van der Waals surface area contributed by atoms with Gasteiger partial charge in [-0.25, -0.2) is 17.6 Å². The highest BCUT2D eigenvalue weighted by molar-refractivity contribution is 7.80. The van der Waals surface area contributed by atoms with Gasteiger partial charge in [0, 0.05) is 5.56 Å². The van der Waals surface area contributed by atoms with Crippen LogP contribution < -0.4 is 5.32 Å². The fourth-order valence-electron chi connectivity index (χ4n) is 2.41. The maximum Gasteiger partial charge on any atom is 0.278 e. The van der Waals surface area contributed by atoms with Gasteiger partial charge in [0.15, 0.2) is 5.67 Å². The van der Waals surface area contributed by atoms with E-state index in [4.69, 9.17) is 12.2 Å². The standard InChI is InChI=1S/C14H15F4NS/c1-8-4-5-10(15)9(6-8)13(3)14(17,18)7-12(2,16)11(20)19-13/h4-6H,7H2,1-3H3,(H,19,20)/t12-,13-/m1/s1. The lowest BCUT2D eigenvalue weighted by molar-refractivity contribution is -0.119. The molecule has 6 heteroatoms. The molecule has 2 rings (SSSR count). The number of rotatable bonds is 1. The lowest BCUT2D eigenvalue weighted by Crippen LogP contribution is -2.66. The van der Waals surface area contributed by atoms with E-state index >= 15 is 0 Å². The van der Waals surface area contributed by atoms with Crippen molar-refractivity contribution in [2.75, 3.05) is 0 Å². The minimum Gasteiger partial charge on any atom is -0.362 e. The summed E-state index contributed by atoms with van der Waals surface area (Å²) in [6.07, 6.45) is -1.07. The highest BCUT2D eigenvalue weighted by atomic mass is 32.1. The van der Waals surface area contributed by atoms with Crippen molar-refractivity contribution >= 4 is 17.2 Å². The van der Waals surface area contributed by atoms with Crippen molar-refractivity contribution in [2.45, 2.75) is 44.3 Å². The Morgan fingerprint density at radius 2 is 1.80 bits per heavy atom. The number of halogens is 4. The minimum atomic E-state index is -3.48. The lowest BCUT2D eigenvalue weighted by atomic mass is 9.76. The van der Waals surface area contributed by atoms with E-state index in [0.29, 0.717) is 5.56 Å². The molecule has 20 heavy (non-hydrogen) atoms. The van der Waals surface area contributed by atoms with E-state index in [0.717, 1.165) is 19.9 Å². The SMILES string of the molecule is Cc1ccc(F)c([C@@]2(C)NC(=S)[C@](C)(F)CC2(F)F)c1. The molecule has 1 N–H and O–H groups in total. The smallest absolute Gasteiger partial charge is 0.278 e. The van der Waals surface area contributed by atoms with Crippen LogP contribution in [0.25, 0.3) is 0 Å². The Kier molecular flexibility index (Phi) is 3.36. The average Bonchev–Trinajstić information content (AvgIpc) is 2.29. The zero-order valence-corrected chi connectivity index (χ0v) is 12.2. The Morgan fingerprint density at radius 3 is 2.40 bits per heavy atom. The van der Waals surface area contributed by atoms with E-state index in [-0.39, 0.29) is 10.6 Å². The van der Waals surface area contributed by atoms with Crippen LogP contribution in [-0.4, -0.2) is 16.6 Å². The second kappa shape index (κ2) is 4.41. The molecule has 1 aliphatic heterocycles.